The molecule has 2 rings (SSSR count). The molecular weight excluding hydrogens is 228 g/mol. The highest BCUT2D eigenvalue weighted by Gasteiger charge is 2.31. The number of anilines is 1. The Kier molecular flexibility index (Phi) is 2.88. The number of benzene rings is 1. The van der Waals surface area contributed by atoms with E-state index in [1.807, 2.05) is 0 Å². The van der Waals surface area contributed by atoms with Crippen LogP contribution in [0.1, 0.15) is 6.42 Å². The SMILES string of the molecule is Nc1ccc(S(=O)(=O)N2CCC(O)C2)cc1. The molecule has 1 heterocycles. The lowest BCUT2D eigenvalue weighted by Crippen LogP contribution is -2.29. The van der Waals surface area contributed by atoms with Gasteiger partial charge in [-0.2, -0.15) is 4.31 Å². The molecular formula is C10H14N2O3S. The molecule has 1 aromatic carbocycles. The van der Waals surface area contributed by atoms with Crippen LogP contribution in [0.2, 0.25) is 0 Å². The summed E-state index contributed by atoms with van der Waals surface area (Å²) in [7, 11) is -3.47. The normalized spacial score (nSPS) is 22.4. The van der Waals surface area contributed by atoms with Gasteiger partial charge >= 0.3 is 0 Å². The monoisotopic (exact) mass is 242 g/mol. The standard InChI is InChI=1S/C10H14N2O3S/c11-8-1-3-10(4-2-8)16(14,15)12-6-5-9(13)7-12/h1-4,9,13H,5-7,11H2. The van der Waals surface area contributed by atoms with Gasteiger partial charge < -0.3 is 10.8 Å². The van der Waals surface area contributed by atoms with E-state index in [-0.39, 0.29) is 11.4 Å². The molecule has 0 amide bonds. The van der Waals surface area contributed by atoms with Gasteiger partial charge in [-0.15, -0.1) is 0 Å². The number of β-amino-alcohol motifs (C(OH)–C–C–N with tert-alkyl or cyclic N) is 1. The largest absolute Gasteiger partial charge is 0.399 e. The molecule has 1 fully saturated rings. The lowest BCUT2D eigenvalue weighted by atomic mass is 10.3. The Morgan fingerprint density at radius 2 is 1.94 bits per heavy atom. The van der Waals surface area contributed by atoms with Crippen molar-refractivity contribution >= 4 is 15.7 Å². The van der Waals surface area contributed by atoms with Crippen molar-refractivity contribution in [2.24, 2.45) is 0 Å². The number of aliphatic hydroxyl groups excluding tert-OH is 1. The summed E-state index contributed by atoms with van der Waals surface area (Å²) in [5, 5.41) is 9.33. The summed E-state index contributed by atoms with van der Waals surface area (Å²) in [6, 6.07) is 6.07. The average molecular weight is 242 g/mol. The van der Waals surface area contributed by atoms with Gasteiger partial charge in [-0.25, -0.2) is 8.42 Å². The minimum atomic E-state index is -3.47. The van der Waals surface area contributed by atoms with Crippen molar-refractivity contribution in [2.45, 2.75) is 17.4 Å². The summed E-state index contributed by atoms with van der Waals surface area (Å²) in [4.78, 5) is 0.218. The Morgan fingerprint density at radius 3 is 2.44 bits per heavy atom. The molecule has 1 aliphatic heterocycles. The summed E-state index contributed by atoms with van der Waals surface area (Å²) >= 11 is 0. The Morgan fingerprint density at radius 1 is 1.31 bits per heavy atom. The molecule has 0 radical (unpaired) electrons. The summed E-state index contributed by atoms with van der Waals surface area (Å²) in [5.41, 5.74) is 6.03. The number of aliphatic hydroxyl groups is 1. The first kappa shape index (κ1) is 11.4. The fourth-order valence-electron chi connectivity index (χ4n) is 1.72. The fraction of sp³-hybridized carbons (Fsp3) is 0.400. The molecule has 0 bridgehead atoms. The van der Waals surface area contributed by atoms with Crippen LogP contribution < -0.4 is 5.73 Å². The molecule has 1 aliphatic rings. The van der Waals surface area contributed by atoms with E-state index in [0.717, 1.165) is 0 Å². The van der Waals surface area contributed by atoms with Gasteiger partial charge in [-0.1, -0.05) is 0 Å². The van der Waals surface area contributed by atoms with Gasteiger partial charge in [0.25, 0.3) is 0 Å². The highest BCUT2D eigenvalue weighted by atomic mass is 32.2. The first-order valence-electron chi connectivity index (χ1n) is 5.04. The number of nitrogen functional groups attached to an aromatic ring is 1. The molecule has 0 aromatic heterocycles. The third-order valence-electron chi connectivity index (χ3n) is 2.64. The van der Waals surface area contributed by atoms with Gasteiger partial charge in [-0.3, -0.25) is 0 Å². The summed E-state index contributed by atoms with van der Waals surface area (Å²) in [5.74, 6) is 0. The molecule has 1 aromatic rings. The van der Waals surface area contributed by atoms with Gasteiger partial charge in [0.05, 0.1) is 11.0 Å². The molecule has 6 heteroatoms. The zero-order valence-corrected chi connectivity index (χ0v) is 9.52. The van der Waals surface area contributed by atoms with Gasteiger partial charge in [0, 0.05) is 18.8 Å². The van der Waals surface area contributed by atoms with Crippen LogP contribution in [-0.4, -0.2) is 37.0 Å². The molecule has 5 nitrogen and oxygen atoms in total. The first-order chi connectivity index (χ1) is 7.50. The number of nitrogens with zero attached hydrogens (tertiary/aromatic N) is 1. The van der Waals surface area contributed by atoms with Crippen LogP contribution in [0.4, 0.5) is 5.69 Å². The lowest BCUT2D eigenvalue weighted by Gasteiger charge is -2.15. The average Bonchev–Trinajstić information content (AvgIpc) is 2.66. The van der Waals surface area contributed by atoms with Gasteiger partial charge in [-0.05, 0) is 30.7 Å². The quantitative estimate of drug-likeness (QED) is 0.716. The predicted molar refractivity (Wildman–Crippen MR) is 60.2 cm³/mol. The number of hydrogen-bond acceptors (Lipinski definition) is 4. The Labute approximate surface area is 94.5 Å². The number of rotatable bonds is 2. The Bertz CT molecular complexity index is 469. The van der Waals surface area contributed by atoms with E-state index in [2.05, 4.69) is 0 Å². The van der Waals surface area contributed by atoms with Crippen LogP contribution >= 0.6 is 0 Å². The van der Waals surface area contributed by atoms with E-state index in [4.69, 9.17) is 5.73 Å². The minimum absolute atomic E-state index is 0.173. The molecule has 88 valence electrons. The van der Waals surface area contributed by atoms with Crippen molar-refractivity contribution in [3.63, 3.8) is 0 Å². The topological polar surface area (TPSA) is 83.6 Å². The third-order valence-corrected chi connectivity index (χ3v) is 4.52. The van der Waals surface area contributed by atoms with Crippen molar-refractivity contribution in [1.29, 1.82) is 0 Å². The number of nitrogens with two attached hydrogens (primary N) is 1. The second kappa shape index (κ2) is 4.04. The van der Waals surface area contributed by atoms with E-state index < -0.39 is 16.1 Å². The number of sulfonamides is 1. The van der Waals surface area contributed by atoms with Crippen molar-refractivity contribution in [3.05, 3.63) is 24.3 Å². The molecule has 3 N–H and O–H groups in total. The van der Waals surface area contributed by atoms with Crippen LogP contribution in [0.3, 0.4) is 0 Å². The highest BCUT2D eigenvalue weighted by Crippen LogP contribution is 2.21. The molecule has 0 spiro atoms. The molecule has 16 heavy (non-hydrogen) atoms. The van der Waals surface area contributed by atoms with Crippen LogP contribution in [-0.2, 0) is 10.0 Å². The minimum Gasteiger partial charge on any atom is -0.399 e. The second-order valence-electron chi connectivity index (χ2n) is 3.87. The van der Waals surface area contributed by atoms with Gasteiger partial charge in [0.1, 0.15) is 0 Å². The fourth-order valence-corrected chi connectivity index (χ4v) is 3.21. The smallest absolute Gasteiger partial charge is 0.243 e. The molecule has 1 atom stereocenters. The summed E-state index contributed by atoms with van der Waals surface area (Å²) in [6.45, 7) is 0.542. The molecule has 1 unspecified atom stereocenters. The molecule has 0 saturated carbocycles. The second-order valence-corrected chi connectivity index (χ2v) is 5.81. The van der Waals surface area contributed by atoms with Crippen LogP contribution in [0.25, 0.3) is 0 Å². The van der Waals surface area contributed by atoms with Crippen molar-refractivity contribution in [3.8, 4) is 0 Å². The zero-order chi connectivity index (χ0) is 11.8. The summed E-state index contributed by atoms with van der Waals surface area (Å²) < 4.78 is 25.4. The third kappa shape index (κ3) is 2.04. The van der Waals surface area contributed by atoms with Gasteiger partial charge in [0.15, 0.2) is 0 Å². The lowest BCUT2D eigenvalue weighted by molar-refractivity contribution is 0.189. The molecule has 1 saturated heterocycles. The maximum atomic E-state index is 12.1. The van der Waals surface area contributed by atoms with Crippen molar-refractivity contribution in [2.75, 3.05) is 18.8 Å². The van der Waals surface area contributed by atoms with E-state index in [1.165, 1.54) is 16.4 Å². The van der Waals surface area contributed by atoms with Crippen LogP contribution in [0, 0.1) is 0 Å². The Balaban J connectivity index is 2.29. The Hall–Kier alpha value is -1.11. The zero-order valence-electron chi connectivity index (χ0n) is 8.70. The van der Waals surface area contributed by atoms with Crippen LogP contribution in [0.15, 0.2) is 29.2 Å². The highest BCUT2D eigenvalue weighted by molar-refractivity contribution is 7.89. The summed E-state index contributed by atoms with van der Waals surface area (Å²) in [6.07, 6.45) is -0.0580. The van der Waals surface area contributed by atoms with Gasteiger partial charge in [0.2, 0.25) is 10.0 Å². The van der Waals surface area contributed by atoms with Crippen molar-refractivity contribution in [1.82, 2.24) is 4.31 Å². The van der Waals surface area contributed by atoms with Crippen LogP contribution in [0.5, 0.6) is 0 Å². The maximum absolute atomic E-state index is 12.1. The van der Waals surface area contributed by atoms with E-state index in [0.29, 0.717) is 18.7 Å². The maximum Gasteiger partial charge on any atom is 0.243 e. The number of hydrogen-bond donors (Lipinski definition) is 2. The molecule has 0 aliphatic carbocycles. The van der Waals surface area contributed by atoms with Crippen molar-refractivity contribution < 1.29 is 13.5 Å². The first-order valence-corrected chi connectivity index (χ1v) is 6.48. The van der Waals surface area contributed by atoms with E-state index in [1.54, 1.807) is 12.1 Å². The van der Waals surface area contributed by atoms with E-state index in [9.17, 15) is 13.5 Å². The van der Waals surface area contributed by atoms with E-state index >= 15 is 0 Å². The predicted octanol–water partition coefficient (Wildman–Crippen LogP) is 0.0241.